The highest BCUT2D eigenvalue weighted by Crippen LogP contribution is 2.30. The van der Waals surface area contributed by atoms with Gasteiger partial charge in [-0.3, -0.25) is 4.79 Å². The van der Waals surface area contributed by atoms with Gasteiger partial charge in [-0.05, 0) is 36.8 Å². The largest absolute Gasteiger partial charge is 0.494 e. The molecule has 1 amide bonds. The van der Waals surface area contributed by atoms with E-state index in [1.54, 1.807) is 25.1 Å². The van der Waals surface area contributed by atoms with Gasteiger partial charge < -0.3 is 10.1 Å². The molecule has 1 atom stereocenters. The van der Waals surface area contributed by atoms with Gasteiger partial charge in [-0.15, -0.1) is 11.8 Å². The molecule has 1 N–H and O–H groups in total. The normalized spacial score (nSPS) is 11.8. The van der Waals surface area contributed by atoms with E-state index in [2.05, 4.69) is 5.32 Å². The summed E-state index contributed by atoms with van der Waals surface area (Å²) in [6.07, 6.45) is 0. The monoisotopic (exact) mass is 353 g/mol. The summed E-state index contributed by atoms with van der Waals surface area (Å²) < 4.78 is 18.5. The van der Waals surface area contributed by atoms with Gasteiger partial charge in [-0.1, -0.05) is 29.8 Å². The van der Waals surface area contributed by atoms with E-state index in [1.165, 1.54) is 24.9 Å². The zero-order valence-corrected chi connectivity index (χ0v) is 14.4. The van der Waals surface area contributed by atoms with Gasteiger partial charge in [-0.2, -0.15) is 0 Å². The van der Waals surface area contributed by atoms with Crippen molar-refractivity contribution in [3.8, 4) is 5.75 Å². The first-order chi connectivity index (χ1) is 11.0. The van der Waals surface area contributed by atoms with Crippen LogP contribution in [0.5, 0.6) is 5.75 Å². The summed E-state index contributed by atoms with van der Waals surface area (Å²) in [7, 11) is 1.41. The summed E-state index contributed by atoms with van der Waals surface area (Å²) in [5.74, 6) is -0.397. The second-order valence-corrected chi connectivity index (χ2v) is 6.67. The summed E-state index contributed by atoms with van der Waals surface area (Å²) >= 11 is 7.47. The third kappa shape index (κ3) is 4.88. The van der Waals surface area contributed by atoms with Gasteiger partial charge in [0.15, 0.2) is 11.6 Å². The third-order valence-electron chi connectivity index (χ3n) is 3.19. The number of amides is 1. The van der Waals surface area contributed by atoms with Crippen molar-refractivity contribution in [1.82, 2.24) is 5.32 Å². The maximum absolute atomic E-state index is 13.6. The lowest BCUT2D eigenvalue weighted by atomic mass is 10.2. The zero-order valence-electron chi connectivity index (χ0n) is 12.8. The van der Waals surface area contributed by atoms with E-state index in [0.717, 1.165) is 4.90 Å². The quantitative estimate of drug-likeness (QED) is 0.787. The molecule has 0 bridgehead atoms. The number of hydrogen-bond donors (Lipinski definition) is 1. The van der Waals surface area contributed by atoms with Crippen molar-refractivity contribution in [1.29, 1.82) is 0 Å². The highest BCUT2D eigenvalue weighted by molar-refractivity contribution is 8.00. The minimum absolute atomic E-state index is 0.133. The van der Waals surface area contributed by atoms with E-state index >= 15 is 0 Å². The molecule has 0 saturated heterocycles. The lowest BCUT2D eigenvalue weighted by Crippen LogP contribution is -2.30. The fourth-order valence-electron chi connectivity index (χ4n) is 1.94. The van der Waals surface area contributed by atoms with Crippen molar-refractivity contribution in [2.45, 2.75) is 23.6 Å². The minimum Gasteiger partial charge on any atom is -0.494 e. The third-order valence-corrected chi connectivity index (χ3v) is 4.81. The zero-order chi connectivity index (χ0) is 16.8. The summed E-state index contributed by atoms with van der Waals surface area (Å²) in [5.41, 5.74) is 0.673. The second-order valence-electron chi connectivity index (χ2n) is 4.88. The first-order valence-corrected chi connectivity index (χ1v) is 8.28. The van der Waals surface area contributed by atoms with Gasteiger partial charge in [0.2, 0.25) is 5.91 Å². The van der Waals surface area contributed by atoms with E-state index in [1.807, 2.05) is 18.2 Å². The Bertz CT molecular complexity index is 696. The summed E-state index contributed by atoms with van der Waals surface area (Å²) in [5, 5.41) is 3.11. The molecule has 0 aliphatic carbocycles. The van der Waals surface area contributed by atoms with Crippen LogP contribution in [0.1, 0.15) is 12.5 Å². The molecule has 0 heterocycles. The van der Waals surface area contributed by atoms with Gasteiger partial charge >= 0.3 is 0 Å². The van der Waals surface area contributed by atoms with Crippen molar-refractivity contribution in [2.75, 3.05) is 7.11 Å². The van der Waals surface area contributed by atoms with Gasteiger partial charge in [0.1, 0.15) is 0 Å². The number of methoxy groups -OCH3 is 1. The Hall–Kier alpha value is -1.72. The molecule has 2 aromatic rings. The van der Waals surface area contributed by atoms with E-state index < -0.39 is 5.82 Å². The molecule has 0 saturated carbocycles. The number of thioether (sulfide) groups is 1. The predicted molar refractivity (Wildman–Crippen MR) is 91.6 cm³/mol. The number of carbonyl (C=O) groups is 1. The molecule has 2 aromatic carbocycles. The number of carbonyl (C=O) groups excluding carboxylic acids is 1. The van der Waals surface area contributed by atoms with Crippen molar-refractivity contribution in [3.05, 3.63) is 58.9 Å². The Morgan fingerprint density at radius 2 is 2.09 bits per heavy atom. The molecule has 0 fully saturated rings. The number of nitrogens with one attached hydrogen (secondary N) is 1. The Morgan fingerprint density at radius 3 is 2.74 bits per heavy atom. The molecule has 2 rings (SSSR count). The van der Waals surface area contributed by atoms with Crippen LogP contribution < -0.4 is 10.1 Å². The molecule has 0 aliphatic rings. The molecule has 0 radical (unpaired) electrons. The average Bonchev–Trinajstić information content (AvgIpc) is 2.54. The van der Waals surface area contributed by atoms with Gasteiger partial charge in [0.05, 0.1) is 17.4 Å². The van der Waals surface area contributed by atoms with Crippen molar-refractivity contribution < 1.29 is 13.9 Å². The Kier molecular flexibility index (Phi) is 6.30. The van der Waals surface area contributed by atoms with Gasteiger partial charge in [-0.25, -0.2) is 4.39 Å². The van der Waals surface area contributed by atoms with Crippen molar-refractivity contribution in [3.63, 3.8) is 0 Å². The van der Waals surface area contributed by atoms with Crippen LogP contribution in [-0.2, 0) is 11.3 Å². The molecule has 0 spiro atoms. The second kappa shape index (κ2) is 8.22. The van der Waals surface area contributed by atoms with Crippen LogP contribution in [0.3, 0.4) is 0 Å². The standard InChI is InChI=1S/C17H17ClFNO2S/c1-11(23-16-6-4-3-5-13(16)18)17(21)20-10-12-7-8-15(22-2)14(19)9-12/h3-9,11H,10H2,1-2H3,(H,20,21). The Labute approximate surface area is 144 Å². The number of halogens is 2. The summed E-state index contributed by atoms with van der Waals surface area (Å²) in [4.78, 5) is 13.0. The van der Waals surface area contributed by atoms with E-state index in [4.69, 9.17) is 16.3 Å². The van der Waals surface area contributed by atoms with Crippen LogP contribution in [-0.4, -0.2) is 18.3 Å². The fourth-order valence-corrected chi connectivity index (χ4v) is 3.12. The molecule has 0 aromatic heterocycles. The van der Waals surface area contributed by atoms with E-state index in [0.29, 0.717) is 10.6 Å². The first-order valence-electron chi connectivity index (χ1n) is 7.02. The number of benzene rings is 2. The average molecular weight is 354 g/mol. The molecule has 0 aliphatic heterocycles. The van der Waals surface area contributed by atoms with Crippen LogP contribution in [0.25, 0.3) is 0 Å². The van der Waals surface area contributed by atoms with Crippen LogP contribution >= 0.6 is 23.4 Å². The van der Waals surface area contributed by atoms with E-state index in [-0.39, 0.29) is 23.5 Å². The lowest BCUT2D eigenvalue weighted by Gasteiger charge is -2.13. The SMILES string of the molecule is COc1ccc(CNC(=O)C(C)Sc2ccccc2Cl)cc1F. The Balaban J connectivity index is 1.91. The lowest BCUT2D eigenvalue weighted by molar-refractivity contribution is -0.120. The van der Waals surface area contributed by atoms with Crippen molar-refractivity contribution >= 4 is 29.3 Å². The maximum Gasteiger partial charge on any atom is 0.233 e. The van der Waals surface area contributed by atoms with Crippen LogP contribution in [0.4, 0.5) is 4.39 Å². The highest BCUT2D eigenvalue weighted by atomic mass is 35.5. The maximum atomic E-state index is 13.6. The first kappa shape index (κ1) is 17.6. The van der Waals surface area contributed by atoms with Crippen LogP contribution in [0.15, 0.2) is 47.4 Å². The summed E-state index contributed by atoms with van der Waals surface area (Å²) in [6.45, 7) is 2.06. The topological polar surface area (TPSA) is 38.3 Å². The van der Waals surface area contributed by atoms with Crippen molar-refractivity contribution in [2.24, 2.45) is 0 Å². The molecular formula is C17H17ClFNO2S. The molecule has 1 unspecified atom stereocenters. The highest BCUT2D eigenvalue weighted by Gasteiger charge is 2.15. The van der Waals surface area contributed by atoms with E-state index in [9.17, 15) is 9.18 Å². The molecule has 6 heteroatoms. The van der Waals surface area contributed by atoms with Gasteiger partial charge in [0.25, 0.3) is 0 Å². The number of rotatable bonds is 6. The molecule has 122 valence electrons. The minimum atomic E-state index is -0.447. The molecular weight excluding hydrogens is 337 g/mol. The van der Waals surface area contributed by atoms with Crippen LogP contribution in [0, 0.1) is 5.82 Å². The van der Waals surface area contributed by atoms with Crippen LogP contribution in [0.2, 0.25) is 5.02 Å². The fraction of sp³-hybridized carbons (Fsp3) is 0.235. The van der Waals surface area contributed by atoms with Gasteiger partial charge in [0, 0.05) is 11.4 Å². The predicted octanol–water partition coefficient (Wildman–Crippen LogP) is 4.28. The summed E-state index contributed by atoms with van der Waals surface area (Å²) in [6, 6.07) is 12.0. The molecule has 23 heavy (non-hydrogen) atoms. The smallest absolute Gasteiger partial charge is 0.233 e. The molecule has 3 nitrogen and oxygen atoms in total. The number of hydrogen-bond acceptors (Lipinski definition) is 3. The number of ether oxygens (including phenoxy) is 1. The Morgan fingerprint density at radius 1 is 1.35 bits per heavy atom.